The number of para-hydroxylation sites is 1. The van der Waals surface area contributed by atoms with E-state index in [1.807, 2.05) is 17.5 Å². The van der Waals surface area contributed by atoms with Gasteiger partial charge in [0.2, 0.25) is 0 Å². The van der Waals surface area contributed by atoms with E-state index in [2.05, 4.69) is 10.3 Å². The van der Waals surface area contributed by atoms with E-state index in [-0.39, 0.29) is 17.9 Å². The minimum absolute atomic E-state index is 0.0172. The van der Waals surface area contributed by atoms with E-state index in [0.29, 0.717) is 16.4 Å². The van der Waals surface area contributed by atoms with Crippen LogP contribution in [0.2, 0.25) is 5.02 Å². The van der Waals surface area contributed by atoms with E-state index < -0.39 is 11.9 Å². The summed E-state index contributed by atoms with van der Waals surface area (Å²) in [7, 11) is 0. The summed E-state index contributed by atoms with van der Waals surface area (Å²) < 4.78 is 10.5. The lowest BCUT2D eigenvalue weighted by atomic mass is 10.1. The van der Waals surface area contributed by atoms with Crippen molar-refractivity contribution in [2.45, 2.75) is 6.61 Å². The Morgan fingerprint density at radius 1 is 1.07 bits per heavy atom. The number of halogens is 1. The van der Waals surface area contributed by atoms with Gasteiger partial charge in [0.25, 0.3) is 5.91 Å². The van der Waals surface area contributed by atoms with E-state index in [0.717, 1.165) is 10.6 Å². The van der Waals surface area contributed by atoms with Crippen molar-refractivity contribution in [1.82, 2.24) is 4.98 Å². The lowest BCUT2D eigenvalue weighted by Crippen LogP contribution is -2.15. The van der Waals surface area contributed by atoms with E-state index in [1.165, 1.54) is 23.7 Å². The summed E-state index contributed by atoms with van der Waals surface area (Å²) in [6.45, 7) is 0.0172. The van der Waals surface area contributed by atoms with Gasteiger partial charge in [0.05, 0.1) is 23.2 Å². The Morgan fingerprint density at radius 3 is 2.63 bits per heavy atom. The standard InChI is InChI=1S/C22H15ClN2O4S/c23-15-9-7-14(8-10-15)21-24-16(13-30-21)12-29-22(27)17-4-1-2-5-18(17)25-20(26)19-6-3-11-28-19/h1-11,13H,12H2,(H,25,26). The van der Waals surface area contributed by atoms with Crippen molar-refractivity contribution >= 4 is 40.5 Å². The average Bonchev–Trinajstić information content (AvgIpc) is 3.45. The second-order valence-electron chi connectivity index (χ2n) is 6.20. The van der Waals surface area contributed by atoms with Crippen molar-refractivity contribution < 1.29 is 18.7 Å². The van der Waals surface area contributed by atoms with Gasteiger partial charge in [-0.15, -0.1) is 11.3 Å². The fourth-order valence-electron chi connectivity index (χ4n) is 2.68. The second-order valence-corrected chi connectivity index (χ2v) is 7.50. The number of amides is 1. The molecule has 0 aliphatic rings. The molecule has 1 N–H and O–H groups in total. The van der Waals surface area contributed by atoms with E-state index in [4.69, 9.17) is 20.8 Å². The lowest BCUT2D eigenvalue weighted by molar-refractivity contribution is 0.0469. The van der Waals surface area contributed by atoms with Crippen LogP contribution in [0.25, 0.3) is 10.6 Å². The summed E-state index contributed by atoms with van der Waals surface area (Å²) >= 11 is 7.37. The first-order valence-corrected chi connectivity index (χ1v) is 10.2. The molecule has 0 aliphatic carbocycles. The SMILES string of the molecule is O=C(Nc1ccccc1C(=O)OCc1csc(-c2ccc(Cl)cc2)n1)c1ccco1. The van der Waals surface area contributed by atoms with E-state index >= 15 is 0 Å². The molecule has 2 aromatic carbocycles. The number of aromatic nitrogens is 1. The molecule has 0 atom stereocenters. The van der Waals surface area contributed by atoms with Crippen molar-refractivity contribution in [3.8, 4) is 10.6 Å². The number of anilines is 1. The number of ether oxygens (including phenoxy) is 1. The van der Waals surface area contributed by atoms with Crippen molar-refractivity contribution in [1.29, 1.82) is 0 Å². The van der Waals surface area contributed by atoms with Crippen LogP contribution in [0, 0.1) is 0 Å². The molecule has 0 bridgehead atoms. The Morgan fingerprint density at radius 2 is 1.87 bits per heavy atom. The molecule has 2 aromatic heterocycles. The molecule has 0 radical (unpaired) electrons. The zero-order valence-corrected chi connectivity index (χ0v) is 17.1. The third-order valence-corrected chi connectivity index (χ3v) is 5.33. The van der Waals surface area contributed by atoms with Crippen LogP contribution in [0.15, 0.2) is 76.7 Å². The molecule has 2 heterocycles. The fraction of sp³-hybridized carbons (Fsp3) is 0.0455. The van der Waals surface area contributed by atoms with Gasteiger partial charge in [-0.3, -0.25) is 4.79 Å². The first kappa shape index (κ1) is 19.9. The molecule has 4 aromatic rings. The third-order valence-electron chi connectivity index (χ3n) is 4.13. The van der Waals surface area contributed by atoms with Gasteiger partial charge in [0.1, 0.15) is 11.6 Å². The molecule has 0 saturated heterocycles. The maximum absolute atomic E-state index is 12.6. The van der Waals surface area contributed by atoms with Crippen molar-refractivity contribution in [2.24, 2.45) is 0 Å². The predicted octanol–water partition coefficient (Wildman–Crippen LogP) is 5.67. The molecule has 6 nitrogen and oxygen atoms in total. The van der Waals surface area contributed by atoms with E-state index in [1.54, 1.807) is 42.5 Å². The number of hydrogen-bond acceptors (Lipinski definition) is 6. The maximum Gasteiger partial charge on any atom is 0.340 e. The van der Waals surface area contributed by atoms with Crippen LogP contribution < -0.4 is 5.32 Å². The zero-order valence-electron chi connectivity index (χ0n) is 15.5. The van der Waals surface area contributed by atoms with Crippen LogP contribution in [0.1, 0.15) is 26.6 Å². The summed E-state index contributed by atoms with van der Waals surface area (Å²) in [4.78, 5) is 29.3. The number of furan rings is 1. The Bertz CT molecular complexity index is 1170. The molecule has 4 rings (SSSR count). The maximum atomic E-state index is 12.6. The quantitative estimate of drug-likeness (QED) is 0.392. The van der Waals surface area contributed by atoms with Gasteiger partial charge in [-0.1, -0.05) is 35.9 Å². The smallest absolute Gasteiger partial charge is 0.340 e. The molecule has 1 amide bonds. The normalized spacial score (nSPS) is 10.6. The minimum atomic E-state index is -0.564. The number of benzene rings is 2. The van der Waals surface area contributed by atoms with E-state index in [9.17, 15) is 9.59 Å². The number of thiazole rings is 1. The highest BCUT2D eigenvalue weighted by atomic mass is 35.5. The molecular formula is C22H15ClN2O4S. The Hall–Kier alpha value is -3.42. The van der Waals surface area contributed by atoms with Crippen LogP contribution in [0.5, 0.6) is 0 Å². The number of carbonyl (C=O) groups is 2. The number of esters is 1. The fourth-order valence-corrected chi connectivity index (χ4v) is 3.61. The highest BCUT2D eigenvalue weighted by Gasteiger charge is 2.17. The van der Waals surface area contributed by atoms with Crippen LogP contribution in [-0.2, 0) is 11.3 Å². The van der Waals surface area contributed by atoms with Crippen molar-refractivity contribution in [3.05, 3.63) is 94.3 Å². The first-order chi connectivity index (χ1) is 14.6. The number of rotatable bonds is 6. The molecule has 30 heavy (non-hydrogen) atoms. The summed E-state index contributed by atoms with van der Waals surface area (Å²) in [5, 5.41) is 5.96. The predicted molar refractivity (Wildman–Crippen MR) is 115 cm³/mol. The summed E-state index contributed by atoms with van der Waals surface area (Å²) in [6.07, 6.45) is 1.40. The summed E-state index contributed by atoms with van der Waals surface area (Å²) in [5.74, 6) is -0.867. The molecule has 0 spiro atoms. The molecular weight excluding hydrogens is 424 g/mol. The molecule has 8 heteroatoms. The van der Waals surface area contributed by atoms with Gasteiger partial charge >= 0.3 is 5.97 Å². The van der Waals surface area contributed by atoms with Gasteiger partial charge < -0.3 is 14.5 Å². The molecule has 0 saturated carbocycles. The zero-order chi connectivity index (χ0) is 20.9. The van der Waals surface area contributed by atoms with Crippen LogP contribution >= 0.6 is 22.9 Å². The van der Waals surface area contributed by atoms with Gasteiger partial charge in [-0.05, 0) is 36.4 Å². The molecule has 0 fully saturated rings. The monoisotopic (exact) mass is 438 g/mol. The van der Waals surface area contributed by atoms with Gasteiger partial charge in [-0.25, -0.2) is 9.78 Å². The number of nitrogens with one attached hydrogen (secondary N) is 1. The Labute approximate surface area is 181 Å². The van der Waals surface area contributed by atoms with Gasteiger partial charge in [0.15, 0.2) is 5.76 Å². The minimum Gasteiger partial charge on any atom is -0.459 e. The van der Waals surface area contributed by atoms with Gasteiger partial charge in [-0.2, -0.15) is 0 Å². The highest BCUT2D eigenvalue weighted by molar-refractivity contribution is 7.13. The number of nitrogens with zero attached hydrogens (tertiary/aromatic N) is 1. The second kappa shape index (κ2) is 8.94. The van der Waals surface area contributed by atoms with Gasteiger partial charge in [0, 0.05) is 16.0 Å². The van der Waals surface area contributed by atoms with Crippen molar-refractivity contribution in [3.63, 3.8) is 0 Å². The van der Waals surface area contributed by atoms with Crippen LogP contribution in [0.3, 0.4) is 0 Å². The lowest BCUT2D eigenvalue weighted by Gasteiger charge is -2.09. The largest absolute Gasteiger partial charge is 0.459 e. The number of carbonyl (C=O) groups excluding carboxylic acids is 2. The molecule has 150 valence electrons. The first-order valence-electron chi connectivity index (χ1n) is 8.91. The third kappa shape index (κ3) is 4.59. The highest BCUT2D eigenvalue weighted by Crippen LogP contribution is 2.26. The molecule has 0 unspecified atom stereocenters. The summed E-state index contributed by atoms with van der Waals surface area (Å²) in [5.41, 5.74) is 2.15. The van der Waals surface area contributed by atoms with Crippen LogP contribution in [0.4, 0.5) is 5.69 Å². The Balaban J connectivity index is 1.42. The Kier molecular flexibility index (Phi) is 5.92. The summed E-state index contributed by atoms with van der Waals surface area (Å²) in [6, 6.07) is 17.1. The van der Waals surface area contributed by atoms with Crippen molar-refractivity contribution in [2.75, 3.05) is 5.32 Å². The van der Waals surface area contributed by atoms with Crippen LogP contribution in [-0.4, -0.2) is 16.9 Å². The molecule has 0 aliphatic heterocycles. The number of hydrogen-bond donors (Lipinski definition) is 1. The topological polar surface area (TPSA) is 81.4 Å². The average molecular weight is 439 g/mol.